The Morgan fingerprint density at radius 3 is 2.73 bits per heavy atom. The minimum atomic E-state index is 0.406. The van der Waals surface area contributed by atoms with Crippen LogP contribution in [0.15, 0.2) is 11.6 Å². The Morgan fingerprint density at radius 1 is 1.33 bits per heavy atom. The van der Waals surface area contributed by atoms with Gasteiger partial charge in [0.15, 0.2) is 0 Å². The number of hydrogen-bond acceptors (Lipinski definition) is 2. The molecule has 3 atom stereocenters. The third-order valence-electron chi connectivity index (χ3n) is 3.71. The van der Waals surface area contributed by atoms with Gasteiger partial charge >= 0.3 is 0 Å². The summed E-state index contributed by atoms with van der Waals surface area (Å²) < 4.78 is 6.06. The number of ether oxygens (including phenoxy) is 1. The average molecular weight is 209 g/mol. The third-order valence-corrected chi connectivity index (χ3v) is 3.71. The van der Waals surface area contributed by atoms with Crippen molar-refractivity contribution in [3.8, 4) is 0 Å². The van der Waals surface area contributed by atoms with Crippen LogP contribution < -0.4 is 0 Å². The van der Waals surface area contributed by atoms with Gasteiger partial charge in [-0.25, -0.2) is 0 Å². The quantitative estimate of drug-likeness (QED) is 0.648. The lowest BCUT2D eigenvalue weighted by Crippen LogP contribution is -2.42. The van der Waals surface area contributed by atoms with E-state index in [0.29, 0.717) is 18.2 Å². The van der Waals surface area contributed by atoms with Gasteiger partial charge in [0, 0.05) is 6.04 Å². The van der Waals surface area contributed by atoms with Crippen LogP contribution in [0.4, 0.5) is 0 Å². The molecule has 15 heavy (non-hydrogen) atoms. The summed E-state index contributed by atoms with van der Waals surface area (Å²) in [6, 6.07) is 0.695. The maximum Gasteiger partial charge on any atom is 0.0803 e. The molecule has 0 aromatic carbocycles. The molecule has 2 aliphatic rings. The summed E-state index contributed by atoms with van der Waals surface area (Å²) in [6.07, 6.45) is 9.43. The van der Waals surface area contributed by atoms with E-state index in [1.54, 1.807) is 5.57 Å². The van der Waals surface area contributed by atoms with Crippen molar-refractivity contribution in [3.05, 3.63) is 11.6 Å². The first-order valence-corrected chi connectivity index (χ1v) is 6.17. The Labute approximate surface area is 93.3 Å². The second-order valence-electron chi connectivity index (χ2n) is 5.20. The summed E-state index contributed by atoms with van der Waals surface area (Å²) >= 11 is 0. The highest BCUT2D eigenvalue weighted by molar-refractivity contribution is 5.14. The Hall–Kier alpha value is -0.340. The summed E-state index contributed by atoms with van der Waals surface area (Å²) in [7, 11) is 4.37. The fourth-order valence-electron chi connectivity index (χ4n) is 2.77. The van der Waals surface area contributed by atoms with Crippen molar-refractivity contribution in [3.63, 3.8) is 0 Å². The van der Waals surface area contributed by atoms with Crippen molar-refractivity contribution in [2.75, 3.05) is 14.1 Å². The molecule has 0 aromatic rings. The summed E-state index contributed by atoms with van der Waals surface area (Å²) in [6.45, 7) is 2.21. The zero-order valence-corrected chi connectivity index (χ0v) is 10.2. The summed E-state index contributed by atoms with van der Waals surface area (Å²) in [4.78, 5) is 2.35. The molecule has 0 saturated carbocycles. The molecule has 2 rings (SSSR count). The Bertz CT molecular complexity index is 247. The molecule has 0 bridgehead atoms. The van der Waals surface area contributed by atoms with E-state index in [1.165, 1.54) is 32.1 Å². The molecule has 1 aliphatic heterocycles. The van der Waals surface area contributed by atoms with Crippen molar-refractivity contribution < 1.29 is 4.74 Å². The van der Waals surface area contributed by atoms with E-state index in [9.17, 15) is 0 Å². The van der Waals surface area contributed by atoms with Crippen LogP contribution in [0, 0.1) is 0 Å². The lowest BCUT2D eigenvalue weighted by atomic mass is 9.93. The predicted molar refractivity (Wildman–Crippen MR) is 63.0 cm³/mol. The van der Waals surface area contributed by atoms with Crippen molar-refractivity contribution in [2.24, 2.45) is 0 Å². The first kappa shape index (κ1) is 11.2. The van der Waals surface area contributed by atoms with Crippen molar-refractivity contribution in [1.29, 1.82) is 0 Å². The summed E-state index contributed by atoms with van der Waals surface area (Å²) in [5.41, 5.74) is 1.56. The van der Waals surface area contributed by atoms with Crippen LogP contribution in [-0.2, 0) is 4.74 Å². The molecule has 0 amide bonds. The molecule has 1 fully saturated rings. The topological polar surface area (TPSA) is 12.5 Å². The van der Waals surface area contributed by atoms with Crippen LogP contribution in [0.3, 0.4) is 0 Å². The summed E-state index contributed by atoms with van der Waals surface area (Å²) in [5, 5.41) is 0. The van der Waals surface area contributed by atoms with E-state index in [-0.39, 0.29) is 0 Å². The van der Waals surface area contributed by atoms with Gasteiger partial charge in [0.05, 0.1) is 12.2 Å². The van der Waals surface area contributed by atoms with Crippen LogP contribution in [0.5, 0.6) is 0 Å². The Balaban J connectivity index is 2.00. The second-order valence-corrected chi connectivity index (χ2v) is 5.20. The van der Waals surface area contributed by atoms with E-state index < -0.39 is 0 Å². The maximum absolute atomic E-state index is 6.06. The standard InChI is InChI=1S/C13H23NO/c1-10-8-12(14(2)3)9-13(15-10)11-6-4-5-7-11/h6,10,12-13H,4-5,7-9H2,1-3H3/t10-,12+,13-/m1/s1. The molecule has 2 heteroatoms. The SMILES string of the molecule is C[C@@H]1C[C@H](N(C)C)C[C@H](C2=CCCC2)O1. The smallest absolute Gasteiger partial charge is 0.0803 e. The molecule has 2 nitrogen and oxygen atoms in total. The van der Waals surface area contributed by atoms with E-state index in [4.69, 9.17) is 4.74 Å². The number of allylic oxidation sites excluding steroid dienone is 1. The van der Waals surface area contributed by atoms with Gasteiger partial charge in [0.25, 0.3) is 0 Å². The van der Waals surface area contributed by atoms with Gasteiger partial charge < -0.3 is 9.64 Å². The minimum absolute atomic E-state index is 0.406. The molecular formula is C13H23NO. The molecular weight excluding hydrogens is 186 g/mol. The van der Waals surface area contributed by atoms with Crippen LogP contribution in [0.2, 0.25) is 0 Å². The van der Waals surface area contributed by atoms with Gasteiger partial charge in [-0.2, -0.15) is 0 Å². The number of hydrogen-bond donors (Lipinski definition) is 0. The zero-order chi connectivity index (χ0) is 10.8. The van der Waals surface area contributed by atoms with Crippen molar-refractivity contribution >= 4 is 0 Å². The first-order valence-electron chi connectivity index (χ1n) is 6.17. The van der Waals surface area contributed by atoms with Crippen LogP contribution in [0.25, 0.3) is 0 Å². The third kappa shape index (κ3) is 2.61. The molecule has 0 N–H and O–H groups in total. The molecule has 86 valence electrons. The Morgan fingerprint density at radius 2 is 2.13 bits per heavy atom. The predicted octanol–water partition coefficient (Wildman–Crippen LogP) is 2.59. The van der Waals surface area contributed by atoms with Gasteiger partial charge in [-0.3, -0.25) is 0 Å². The average Bonchev–Trinajstić information content (AvgIpc) is 2.69. The van der Waals surface area contributed by atoms with Crippen LogP contribution in [-0.4, -0.2) is 37.2 Å². The van der Waals surface area contributed by atoms with E-state index in [1.807, 2.05) is 0 Å². The van der Waals surface area contributed by atoms with E-state index in [2.05, 4.69) is 32.0 Å². The second kappa shape index (κ2) is 4.67. The van der Waals surface area contributed by atoms with Gasteiger partial charge in [-0.05, 0) is 58.7 Å². The molecule has 0 radical (unpaired) electrons. The lowest BCUT2D eigenvalue weighted by Gasteiger charge is -2.37. The van der Waals surface area contributed by atoms with Gasteiger partial charge in [-0.15, -0.1) is 0 Å². The van der Waals surface area contributed by atoms with Gasteiger partial charge in [0.1, 0.15) is 0 Å². The highest BCUT2D eigenvalue weighted by Crippen LogP contribution is 2.31. The fraction of sp³-hybridized carbons (Fsp3) is 0.846. The lowest BCUT2D eigenvalue weighted by molar-refractivity contribution is -0.0503. The van der Waals surface area contributed by atoms with Gasteiger partial charge in [0.2, 0.25) is 0 Å². The largest absolute Gasteiger partial charge is 0.371 e. The molecule has 0 aromatic heterocycles. The first-order chi connectivity index (χ1) is 7.16. The normalized spacial score (nSPS) is 37.1. The number of nitrogens with zero attached hydrogens (tertiary/aromatic N) is 1. The highest BCUT2D eigenvalue weighted by Gasteiger charge is 2.30. The van der Waals surface area contributed by atoms with Crippen LogP contribution in [0.1, 0.15) is 39.0 Å². The van der Waals surface area contributed by atoms with Crippen LogP contribution >= 0.6 is 0 Å². The molecule has 0 unspecified atom stereocenters. The maximum atomic E-state index is 6.06. The fourth-order valence-corrected chi connectivity index (χ4v) is 2.77. The van der Waals surface area contributed by atoms with E-state index >= 15 is 0 Å². The molecule has 1 saturated heterocycles. The van der Waals surface area contributed by atoms with Crippen molar-refractivity contribution in [2.45, 2.75) is 57.3 Å². The molecule has 1 aliphatic carbocycles. The minimum Gasteiger partial charge on any atom is -0.371 e. The molecule has 1 heterocycles. The van der Waals surface area contributed by atoms with Crippen molar-refractivity contribution in [1.82, 2.24) is 4.90 Å². The monoisotopic (exact) mass is 209 g/mol. The number of rotatable bonds is 2. The van der Waals surface area contributed by atoms with Gasteiger partial charge in [-0.1, -0.05) is 6.08 Å². The highest BCUT2D eigenvalue weighted by atomic mass is 16.5. The Kier molecular flexibility index (Phi) is 3.47. The molecule has 0 spiro atoms. The van der Waals surface area contributed by atoms with E-state index in [0.717, 1.165) is 0 Å². The zero-order valence-electron chi connectivity index (χ0n) is 10.2. The summed E-state index contributed by atoms with van der Waals surface area (Å²) in [5.74, 6) is 0.